The Morgan fingerprint density at radius 1 is 0.938 bits per heavy atom. The van der Waals surface area contributed by atoms with Crippen LogP contribution in [0.25, 0.3) is 38.7 Å². The highest BCUT2D eigenvalue weighted by Gasteiger charge is 2.25. The van der Waals surface area contributed by atoms with Crippen molar-refractivity contribution in [3.63, 3.8) is 0 Å². The molecule has 0 radical (unpaired) electrons. The van der Waals surface area contributed by atoms with Gasteiger partial charge >= 0.3 is 5.69 Å². The third kappa shape index (κ3) is 2.70. The quantitative estimate of drug-likeness (QED) is 0.438. The molecular weight excluding hydrogens is 404 g/mol. The Labute approximate surface area is 184 Å². The summed E-state index contributed by atoms with van der Waals surface area (Å²) in [5, 5.41) is 0.510. The second-order valence-electron chi connectivity index (χ2n) is 7.99. The van der Waals surface area contributed by atoms with E-state index in [-0.39, 0.29) is 11.2 Å². The van der Waals surface area contributed by atoms with Gasteiger partial charge in [-0.05, 0) is 48.4 Å². The highest BCUT2D eigenvalue weighted by atomic mass is 16.5. The molecule has 2 aromatic carbocycles. The standard InChI is InChI=1S/C25H24N4O3/c1-5-8-18-22-23-20(24(30)28(3)25(31)27(23)2)21(15-11-13-16(32-4)14-12-15)29(22)19-10-7-6-9-17(19)26-18/h6-7,9-14H,5,8H2,1-4H3. The van der Waals surface area contributed by atoms with Gasteiger partial charge in [0.15, 0.2) is 0 Å². The fraction of sp³-hybridized carbons (Fsp3) is 0.240. The van der Waals surface area contributed by atoms with Crippen LogP contribution in [0.1, 0.15) is 19.0 Å². The van der Waals surface area contributed by atoms with Crippen LogP contribution in [0.5, 0.6) is 5.75 Å². The zero-order valence-corrected chi connectivity index (χ0v) is 18.5. The van der Waals surface area contributed by atoms with Crippen molar-refractivity contribution in [3.05, 3.63) is 75.1 Å². The summed E-state index contributed by atoms with van der Waals surface area (Å²) < 4.78 is 10.2. The van der Waals surface area contributed by atoms with E-state index in [1.54, 1.807) is 18.7 Å². The largest absolute Gasteiger partial charge is 0.497 e. The molecule has 0 aliphatic heterocycles. The van der Waals surface area contributed by atoms with Crippen LogP contribution < -0.4 is 16.0 Å². The first-order valence-electron chi connectivity index (χ1n) is 10.6. The Bertz CT molecular complexity index is 1620. The van der Waals surface area contributed by atoms with Crippen LogP contribution in [0, 0.1) is 0 Å². The Balaban J connectivity index is 2.14. The number of hydrogen-bond acceptors (Lipinski definition) is 4. The van der Waals surface area contributed by atoms with Crippen molar-refractivity contribution in [1.82, 2.24) is 18.5 Å². The van der Waals surface area contributed by atoms with E-state index in [1.165, 1.54) is 11.6 Å². The number of fused-ring (bicyclic) bond motifs is 5. The third-order valence-corrected chi connectivity index (χ3v) is 6.07. The predicted octanol–water partition coefficient (Wildman–Crippen LogP) is 3.67. The van der Waals surface area contributed by atoms with Gasteiger partial charge in [-0.15, -0.1) is 0 Å². The van der Waals surface area contributed by atoms with Gasteiger partial charge in [0.1, 0.15) is 5.75 Å². The Hall–Kier alpha value is -3.87. The third-order valence-electron chi connectivity index (χ3n) is 6.07. The fourth-order valence-electron chi connectivity index (χ4n) is 4.55. The summed E-state index contributed by atoms with van der Waals surface area (Å²) in [7, 11) is 4.86. The first kappa shape index (κ1) is 20.1. The lowest BCUT2D eigenvalue weighted by Gasteiger charge is -2.11. The van der Waals surface area contributed by atoms with Gasteiger partial charge in [-0.25, -0.2) is 9.78 Å². The summed E-state index contributed by atoms with van der Waals surface area (Å²) in [5.74, 6) is 0.734. The lowest BCUT2D eigenvalue weighted by Crippen LogP contribution is -2.36. The molecule has 0 fully saturated rings. The molecule has 0 saturated carbocycles. The molecule has 5 rings (SSSR count). The van der Waals surface area contributed by atoms with E-state index in [9.17, 15) is 9.59 Å². The lowest BCUT2D eigenvalue weighted by molar-refractivity contribution is 0.415. The zero-order valence-electron chi connectivity index (χ0n) is 18.5. The predicted molar refractivity (Wildman–Crippen MR) is 127 cm³/mol. The second kappa shape index (κ2) is 7.37. The molecule has 0 aliphatic carbocycles. The van der Waals surface area contributed by atoms with Gasteiger partial charge in [-0.3, -0.25) is 13.9 Å². The van der Waals surface area contributed by atoms with Crippen molar-refractivity contribution >= 4 is 27.5 Å². The lowest BCUT2D eigenvalue weighted by atomic mass is 10.1. The van der Waals surface area contributed by atoms with Crippen LogP contribution in [0.2, 0.25) is 0 Å². The van der Waals surface area contributed by atoms with Gasteiger partial charge in [-0.1, -0.05) is 25.5 Å². The summed E-state index contributed by atoms with van der Waals surface area (Å²) in [4.78, 5) is 31.3. The number of para-hydroxylation sites is 2. The highest BCUT2D eigenvalue weighted by Crippen LogP contribution is 2.36. The van der Waals surface area contributed by atoms with E-state index in [0.29, 0.717) is 10.9 Å². The maximum atomic E-state index is 13.5. The molecule has 0 unspecified atom stereocenters. The molecule has 0 amide bonds. The van der Waals surface area contributed by atoms with Gasteiger partial charge in [0.25, 0.3) is 5.56 Å². The van der Waals surface area contributed by atoms with E-state index in [1.807, 2.05) is 48.5 Å². The monoisotopic (exact) mass is 428 g/mol. The zero-order chi connectivity index (χ0) is 22.6. The number of nitrogens with zero attached hydrogens (tertiary/aromatic N) is 4. The minimum Gasteiger partial charge on any atom is -0.497 e. The van der Waals surface area contributed by atoms with Crippen molar-refractivity contribution in [2.75, 3.05) is 7.11 Å². The first-order chi connectivity index (χ1) is 15.5. The van der Waals surface area contributed by atoms with Crippen molar-refractivity contribution < 1.29 is 4.74 Å². The van der Waals surface area contributed by atoms with E-state index in [4.69, 9.17) is 9.72 Å². The van der Waals surface area contributed by atoms with E-state index >= 15 is 0 Å². The normalized spacial score (nSPS) is 11.6. The summed E-state index contributed by atoms with van der Waals surface area (Å²) in [6.45, 7) is 2.10. The minimum absolute atomic E-state index is 0.316. The summed E-state index contributed by atoms with van der Waals surface area (Å²) >= 11 is 0. The molecule has 32 heavy (non-hydrogen) atoms. The number of aryl methyl sites for hydroxylation is 2. The SMILES string of the molecule is CCCc1nc2ccccc2n2c(-c3ccc(OC)cc3)c3c(=O)n(C)c(=O)n(C)c3c12. The number of methoxy groups -OCH3 is 1. The molecule has 0 spiro atoms. The average molecular weight is 428 g/mol. The van der Waals surface area contributed by atoms with Crippen LogP contribution in [0.15, 0.2) is 58.1 Å². The van der Waals surface area contributed by atoms with E-state index in [2.05, 4.69) is 11.3 Å². The molecule has 0 bridgehead atoms. The van der Waals surface area contributed by atoms with Crippen LogP contribution in [-0.2, 0) is 20.5 Å². The van der Waals surface area contributed by atoms with Crippen molar-refractivity contribution in [2.45, 2.75) is 19.8 Å². The number of rotatable bonds is 4. The molecule has 0 N–H and O–H groups in total. The maximum Gasteiger partial charge on any atom is 0.331 e. The molecule has 7 nitrogen and oxygen atoms in total. The Kier molecular flexibility index (Phi) is 4.62. The molecule has 162 valence electrons. The van der Waals surface area contributed by atoms with Crippen LogP contribution in [-0.4, -0.2) is 25.6 Å². The molecule has 7 heteroatoms. The molecule has 3 aromatic heterocycles. The molecule has 5 aromatic rings. The Morgan fingerprint density at radius 2 is 1.66 bits per heavy atom. The smallest absolute Gasteiger partial charge is 0.331 e. The first-order valence-corrected chi connectivity index (χ1v) is 10.6. The molecule has 0 aliphatic rings. The van der Waals surface area contributed by atoms with Crippen LogP contribution in [0.4, 0.5) is 0 Å². The van der Waals surface area contributed by atoms with Crippen LogP contribution >= 0.6 is 0 Å². The van der Waals surface area contributed by atoms with Crippen molar-refractivity contribution in [1.29, 1.82) is 0 Å². The van der Waals surface area contributed by atoms with Gasteiger partial charge < -0.3 is 9.14 Å². The van der Waals surface area contributed by atoms with Crippen molar-refractivity contribution in [2.24, 2.45) is 14.1 Å². The van der Waals surface area contributed by atoms with E-state index < -0.39 is 0 Å². The van der Waals surface area contributed by atoms with Crippen molar-refractivity contribution in [3.8, 4) is 17.0 Å². The number of benzene rings is 2. The molecule has 0 saturated heterocycles. The highest BCUT2D eigenvalue weighted by molar-refractivity contribution is 6.07. The van der Waals surface area contributed by atoms with Gasteiger partial charge in [0.2, 0.25) is 0 Å². The number of hydrogen-bond donors (Lipinski definition) is 0. The van der Waals surface area contributed by atoms with Gasteiger partial charge in [0, 0.05) is 14.1 Å². The van der Waals surface area contributed by atoms with E-state index in [0.717, 1.165) is 52.1 Å². The minimum atomic E-state index is -0.355. The average Bonchev–Trinajstić information content (AvgIpc) is 3.18. The Morgan fingerprint density at radius 3 is 2.34 bits per heavy atom. The summed E-state index contributed by atoms with van der Waals surface area (Å²) in [6, 6.07) is 15.5. The molecule has 3 heterocycles. The summed E-state index contributed by atoms with van der Waals surface area (Å²) in [6.07, 6.45) is 1.63. The fourth-order valence-corrected chi connectivity index (χ4v) is 4.55. The second-order valence-corrected chi connectivity index (χ2v) is 7.99. The van der Waals surface area contributed by atoms with Crippen LogP contribution in [0.3, 0.4) is 0 Å². The topological polar surface area (TPSA) is 70.5 Å². The number of aromatic nitrogens is 4. The number of ether oxygens (including phenoxy) is 1. The van der Waals surface area contributed by atoms with Gasteiger partial charge in [0.05, 0.1) is 46.0 Å². The maximum absolute atomic E-state index is 13.5. The van der Waals surface area contributed by atoms with Gasteiger partial charge in [-0.2, -0.15) is 0 Å². The molecular formula is C25H24N4O3. The summed E-state index contributed by atoms with van der Waals surface area (Å²) in [5.41, 5.74) is 4.99. The molecule has 0 atom stereocenters.